The number of ether oxygens (including phenoxy) is 1. The van der Waals surface area contributed by atoms with Crippen LogP contribution < -0.4 is 10.1 Å². The van der Waals surface area contributed by atoms with Crippen molar-refractivity contribution in [3.63, 3.8) is 0 Å². The van der Waals surface area contributed by atoms with Crippen molar-refractivity contribution >= 4 is 29.3 Å². The highest BCUT2D eigenvalue weighted by Crippen LogP contribution is 2.20. The number of rotatable bonds is 9. The Morgan fingerprint density at radius 1 is 1.20 bits per heavy atom. The van der Waals surface area contributed by atoms with Gasteiger partial charge >= 0.3 is 0 Å². The fourth-order valence-electron chi connectivity index (χ4n) is 2.26. The van der Waals surface area contributed by atoms with Crippen LogP contribution in [0.15, 0.2) is 48.5 Å². The monoisotopic (exact) mass is 377 g/mol. The van der Waals surface area contributed by atoms with Gasteiger partial charge in [0.05, 0.1) is 0 Å². The fraction of sp³-hybridized carbons (Fsp3) is 0.350. The minimum atomic E-state index is -0.462. The van der Waals surface area contributed by atoms with Crippen LogP contribution in [0.3, 0.4) is 0 Å². The van der Waals surface area contributed by atoms with Crippen molar-refractivity contribution in [2.45, 2.75) is 32.1 Å². The van der Waals surface area contributed by atoms with Crippen LogP contribution in [0.2, 0.25) is 5.02 Å². The van der Waals surface area contributed by atoms with Crippen LogP contribution in [0.1, 0.15) is 24.5 Å². The van der Waals surface area contributed by atoms with E-state index in [1.54, 1.807) is 11.8 Å². The van der Waals surface area contributed by atoms with E-state index in [-0.39, 0.29) is 5.91 Å². The molecule has 2 rings (SSSR count). The summed E-state index contributed by atoms with van der Waals surface area (Å²) < 4.78 is 5.79. The summed E-state index contributed by atoms with van der Waals surface area (Å²) in [4.78, 5) is 12.3. The first kappa shape index (κ1) is 19.7. The molecule has 0 unspecified atom stereocenters. The van der Waals surface area contributed by atoms with Gasteiger partial charge in [0, 0.05) is 23.1 Å². The lowest BCUT2D eigenvalue weighted by Crippen LogP contribution is -2.39. The highest BCUT2D eigenvalue weighted by Gasteiger charge is 2.17. The highest BCUT2D eigenvalue weighted by atomic mass is 35.5. The van der Waals surface area contributed by atoms with Crippen LogP contribution in [0.4, 0.5) is 0 Å². The average molecular weight is 378 g/mol. The van der Waals surface area contributed by atoms with E-state index in [0.717, 1.165) is 27.8 Å². The summed E-state index contributed by atoms with van der Waals surface area (Å²) in [6, 6.07) is 15.6. The minimum Gasteiger partial charge on any atom is -0.481 e. The molecule has 1 atom stereocenters. The zero-order chi connectivity index (χ0) is 18.1. The first-order valence-electron chi connectivity index (χ1n) is 8.42. The van der Waals surface area contributed by atoms with Crippen molar-refractivity contribution in [2.24, 2.45) is 0 Å². The second kappa shape index (κ2) is 10.4. The largest absolute Gasteiger partial charge is 0.481 e. The van der Waals surface area contributed by atoms with Crippen molar-refractivity contribution in [2.75, 3.05) is 12.3 Å². The van der Waals surface area contributed by atoms with Crippen LogP contribution in [0, 0.1) is 6.92 Å². The molecular weight excluding hydrogens is 354 g/mol. The lowest BCUT2D eigenvalue weighted by atomic mass is 10.2. The summed E-state index contributed by atoms with van der Waals surface area (Å²) in [5.41, 5.74) is 2.29. The molecular formula is C20H24ClNO2S. The Morgan fingerprint density at radius 3 is 2.60 bits per heavy atom. The van der Waals surface area contributed by atoms with Gasteiger partial charge in [-0.25, -0.2) is 0 Å². The zero-order valence-electron chi connectivity index (χ0n) is 14.6. The van der Waals surface area contributed by atoms with Crippen molar-refractivity contribution in [3.05, 3.63) is 64.7 Å². The standard InChI is InChI=1S/C20H24ClNO2S/c1-3-19(24-17-10-8-15(2)9-11-17)20(23)22-12-13-25-14-16-6-4-5-7-18(16)21/h4-11,19H,3,12-14H2,1-2H3,(H,22,23)/t19-/m0/s1. The number of aryl methyl sites for hydroxylation is 1. The Kier molecular flexibility index (Phi) is 8.16. The van der Waals surface area contributed by atoms with Crippen LogP contribution >= 0.6 is 23.4 Å². The fourth-order valence-corrected chi connectivity index (χ4v) is 3.41. The Bertz CT molecular complexity index is 676. The lowest BCUT2D eigenvalue weighted by molar-refractivity contribution is -0.127. The number of nitrogens with one attached hydrogen (secondary N) is 1. The van der Waals surface area contributed by atoms with E-state index >= 15 is 0 Å². The smallest absolute Gasteiger partial charge is 0.261 e. The SMILES string of the molecule is CC[C@H](Oc1ccc(C)cc1)C(=O)NCCSCc1ccccc1Cl. The third-order valence-corrected chi connectivity index (χ3v) is 5.10. The van der Waals surface area contributed by atoms with Gasteiger partial charge in [-0.2, -0.15) is 11.8 Å². The molecule has 0 aliphatic heterocycles. The summed E-state index contributed by atoms with van der Waals surface area (Å²) in [6.07, 6.45) is 0.170. The quantitative estimate of drug-likeness (QED) is 0.634. The van der Waals surface area contributed by atoms with E-state index in [2.05, 4.69) is 5.32 Å². The van der Waals surface area contributed by atoms with Gasteiger partial charge in [0.15, 0.2) is 6.10 Å². The number of hydrogen-bond acceptors (Lipinski definition) is 3. The molecule has 1 N–H and O–H groups in total. The Morgan fingerprint density at radius 2 is 1.92 bits per heavy atom. The maximum absolute atomic E-state index is 12.3. The van der Waals surface area contributed by atoms with E-state index in [9.17, 15) is 4.79 Å². The summed E-state index contributed by atoms with van der Waals surface area (Å²) in [5, 5.41) is 3.74. The van der Waals surface area contributed by atoms with Crippen molar-refractivity contribution in [3.8, 4) is 5.75 Å². The van der Waals surface area contributed by atoms with Crippen LogP contribution in [0.25, 0.3) is 0 Å². The van der Waals surface area contributed by atoms with Crippen LogP contribution in [-0.4, -0.2) is 24.3 Å². The maximum atomic E-state index is 12.3. The van der Waals surface area contributed by atoms with Gasteiger partial charge in [-0.1, -0.05) is 54.4 Å². The number of amides is 1. The third kappa shape index (κ3) is 6.63. The van der Waals surface area contributed by atoms with E-state index in [0.29, 0.717) is 13.0 Å². The molecule has 2 aromatic rings. The van der Waals surface area contributed by atoms with Gasteiger partial charge in [0.2, 0.25) is 0 Å². The molecule has 0 heterocycles. The molecule has 0 aliphatic carbocycles. The van der Waals surface area contributed by atoms with Gasteiger partial charge in [-0.3, -0.25) is 4.79 Å². The molecule has 0 fully saturated rings. The number of thioether (sulfide) groups is 1. The third-order valence-electron chi connectivity index (χ3n) is 3.72. The molecule has 0 radical (unpaired) electrons. The topological polar surface area (TPSA) is 38.3 Å². The maximum Gasteiger partial charge on any atom is 0.261 e. The summed E-state index contributed by atoms with van der Waals surface area (Å²) >= 11 is 7.88. The molecule has 134 valence electrons. The molecule has 25 heavy (non-hydrogen) atoms. The van der Waals surface area contributed by atoms with Gasteiger partial charge < -0.3 is 10.1 Å². The molecule has 0 saturated heterocycles. The van der Waals surface area contributed by atoms with Crippen molar-refractivity contribution in [1.29, 1.82) is 0 Å². The van der Waals surface area contributed by atoms with E-state index < -0.39 is 6.10 Å². The number of benzene rings is 2. The van der Waals surface area contributed by atoms with Gasteiger partial charge in [-0.15, -0.1) is 0 Å². The van der Waals surface area contributed by atoms with Gasteiger partial charge in [0.25, 0.3) is 5.91 Å². The number of hydrogen-bond donors (Lipinski definition) is 1. The molecule has 0 aromatic heterocycles. The van der Waals surface area contributed by atoms with Crippen LogP contribution in [0.5, 0.6) is 5.75 Å². The van der Waals surface area contributed by atoms with Crippen LogP contribution in [-0.2, 0) is 10.5 Å². The Hall–Kier alpha value is -1.65. The lowest BCUT2D eigenvalue weighted by Gasteiger charge is -2.17. The molecule has 5 heteroatoms. The number of carbonyl (C=O) groups is 1. The molecule has 0 saturated carbocycles. The van der Waals surface area contributed by atoms with Crippen molar-refractivity contribution < 1.29 is 9.53 Å². The Balaban J connectivity index is 1.71. The molecule has 0 bridgehead atoms. The summed E-state index contributed by atoms with van der Waals surface area (Å²) in [6.45, 7) is 4.58. The highest BCUT2D eigenvalue weighted by molar-refractivity contribution is 7.98. The normalized spacial score (nSPS) is 11.8. The van der Waals surface area contributed by atoms with E-state index in [1.807, 2.05) is 62.4 Å². The predicted octanol–water partition coefficient (Wildman–Crippen LogP) is 4.86. The molecule has 1 amide bonds. The second-order valence-corrected chi connectivity index (χ2v) is 7.28. The van der Waals surface area contributed by atoms with Gasteiger partial charge in [0.1, 0.15) is 5.75 Å². The first-order chi connectivity index (χ1) is 12.1. The molecule has 3 nitrogen and oxygen atoms in total. The molecule has 0 spiro atoms. The average Bonchev–Trinajstić information content (AvgIpc) is 2.62. The van der Waals surface area contributed by atoms with E-state index in [4.69, 9.17) is 16.3 Å². The Labute approximate surface area is 159 Å². The predicted molar refractivity (Wildman–Crippen MR) is 107 cm³/mol. The summed E-state index contributed by atoms with van der Waals surface area (Å²) in [7, 11) is 0. The molecule has 0 aliphatic rings. The molecule has 2 aromatic carbocycles. The zero-order valence-corrected chi connectivity index (χ0v) is 16.2. The first-order valence-corrected chi connectivity index (χ1v) is 9.95. The number of halogens is 1. The minimum absolute atomic E-state index is 0.0681. The second-order valence-electron chi connectivity index (χ2n) is 5.76. The summed E-state index contributed by atoms with van der Waals surface area (Å²) in [5.74, 6) is 2.33. The number of carbonyl (C=O) groups excluding carboxylic acids is 1. The van der Waals surface area contributed by atoms with Gasteiger partial charge in [-0.05, 0) is 37.1 Å². The van der Waals surface area contributed by atoms with Crippen molar-refractivity contribution in [1.82, 2.24) is 5.32 Å². The van der Waals surface area contributed by atoms with E-state index in [1.165, 1.54) is 5.56 Å².